The van der Waals surface area contributed by atoms with Gasteiger partial charge in [-0.25, -0.2) is 0 Å². The van der Waals surface area contributed by atoms with Gasteiger partial charge in [-0.1, -0.05) is 0 Å². The van der Waals surface area contributed by atoms with Gasteiger partial charge in [0.15, 0.2) is 11.5 Å². The molecule has 10 heteroatoms. The summed E-state index contributed by atoms with van der Waals surface area (Å²) in [4.78, 5) is 22.8. The second kappa shape index (κ2) is 6.79. The summed E-state index contributed by atoms with van der Waals surface area (Å²) in [5.74, 6) is -3.06. The highest BCUT2D eigenvalue weighted by atomic mass is 32.2. The van der Waals surface area contributed by atoms with Crippen molar-refractivity contribution in [1.29, 1.82) is 0 Å². The van der Waals surface area contributed by atoms with Gasteiger partial charge in [-0.2, -0.15) is 8.42 Å². The molecule has 132 valence electrons. The maximum Gasteiger partial charge on any atom is 0.308 e. The van der Waals surface area contributed by atoms with Gasteiger partial charge in [0.25, 0.3) is 16.0 Å². The van der Waals surface area contributed by atoms with Crippen LogP contribution in [0.4, 0.5) is 5.69 Å². The molecule has 0 saturated heterocycles. The fraction of sp³-hybridized carbons (Fsp3) is 0.0667. The molecule has 0 atom stereocenters. The van der Waals surface area contributed by atoms with E-state index >= 15 is 0 Å². The number of carbonyl (C=O) groups is 2. The molecule has 0 aliphatic carbocycles. The second-order valence-electron chi connectivity index (χ2n) is 4.89. The summed E-state index contributed by atoms with van der Waals surface area (Å²) in [5, 5.41) is 22.0. The lowest BCUT2D eigenvalue weighted by Crippen LogP contribution is -2.13. The number of phenolic OH excluding ortho intramolecular Hbond substituents is 2. The third-order valence-electron chi connectivity index (χ3n) is 2.97. The van der Waals surface area contributed by atoms with Crippen LogP contribution in [0.1, 0.15) is 17.3 Å². The Labute approximate surface area is 142 Å². The number of hydrogen-bond acceptors (Lipinski definition) is 7. The smallest absolute Gasteiger partial charge is 0.308 e. The Hall–Kier alpha value is -3.11. The monoisotopic (exact) mass is 367 g/mol. The number of hydrogen-bond donors (Lipinski definition) is 4. The average molecular weight is 367 g/mol. The molecule has 0 spiro atoms. The quantitative estimate of drug-likeness (QED) is 0.275. The highest BCUT2D eigenvalue weighted by Gasteiger charge is 2.19. The number of ether oxygens (including phenoxy) is 1. The van der Waals surface area contributed by atoms with E-state index in [1.165, 1.54) is 12.1 Å². The molecule has 1 amide bonds. The van der Waals surface area contributed by atoms with Crippen LogP contribution in [0.5, 0.6) is 17.2 Å². The number of esters is 1. The molecule has 4 N–H and O–H groups in total. The third kappa shape index (κ3) is 4.46. The largest absolute Gasteiger partial charge is 0.508 e. The molecule has 9 nitrogen and oxygen atoms in total. The number of rotatable bonds is 4. The van der Waals surface area contributed by atoms with Crippen LogP contribution >= 0.6 is 0 Å². The summed E-state index contributed by atoms with van der Waals surface area (Å²) in [6.07, 6.45) is 0. The predicted octanol–water partition coefficient (Wildman–Crippen LogP) is 1.52. The summed E-state index contributed by atoms with van der Waals surface area (Å²) >= 11 is 0. The van der Waals surface area contributed by atoms with Gasteiger partial charge in [0.2, 0.25) is 0 Å². The van der Waals surface area contributed by atoms with Crippen molar-refractivity contribution in [3.63, 3.8) is 0 Å². The van der Waals surface area contributed by atoms with Crippen LogP contribution in [0.2, 0.25) is 0 Å². The predicted molar refractivity (Wildman–Crippen MR) is 85.3 cm³/mol. The lowest BCUT2D eigenvalue weighted by molar-refractivity contribution is -0.132. The number of carbonyl (C=O) groups excluding carboxylic acids is 2. The second-order valence-corrected chi connectivity index (χ2v) is 6.31. The summed E-state index contributed by atoms with van der Waals surface area (Å²) in [7, 11) is -4.36. The van der Waals surface area contributed by atoms with E-state index in [0.29, 0.717) is 0 Å². The molecule has 0 bridgehead atoms. The highest BCUT2D eigenvalue weighted by molar-refractivity contribution is 7.85. The van der Waals surface area contributed by atoms with Crippen molar-refractivity contribution in [2.75, 3.05) is 5.32 Å². The van der Waals surface area contributed by atoms with Gasteiger partial charge in [-0.3, -0.25) is 14.1 Å². The van der Waals surface area contributed by atoms with E-state index in [9.17, 15) is 28.2 Å². The summed E-state index contributed by atoms with van der Waals surface area (Å²) in [6, 6.07) is 6.50. The standard InChI is InChI=1S/C15H13NO8S/c1-8(17)24-13-7-10(18)6-12(14(13)19)15(20)16-9-2-4-11(5-3-9)25(21,22)23/h2-7,18-19H,1H3,(H,16,20)(H,21,22,23). The van der Waals surface area contributed by atoms with Crippen molar-refractivity contribution >= 4 is 27.7 Å². The number of anilines is 1. The molecule has 0 heterocycles. The molecule has 0 unspecified atom stereocenters. The van der Waals surface area contributed by atoms with Crippen molar-refractivity contribution < 1.29 is 37.5 Å². The molecular weight excluding hydrogens is 354 g/mol. The van der Waals surface area contributed by atoms with Gasteiger partial charge in [0.1, 0.15) is 5.75 Å². The number of phenols is 2. The fourth-order valence-corrected chi connectivity index (χ4v) is 2.39. The summed E-state index contributed by atoms with van der Waals surface area (Å²) < 4.78 is 35.5. The Morgan fingerprint density at radius 2 is 1.68 bits per heavy atom. The molecule has 25 heavy (non-hydrogen) atoms. The zero-order valence-electron chi connectivity index (χ0n) is 12.8. The molecule has 0 radical (unpaired) electrons. The normalized spacial score (nSPS) is 11.0. The Morgan fingerprint density at radius 1 is 1.08 bits per heavy atom. The first kappa shape index (κ1) is 18.2. The van der Waals surface area contributed by atoms with E-state index in [1.807, 2.05) is 0 Å². The van der Waals surface area contributed by atoms with E-state index in [2.05, 4.69) is 5.32 Å². The Balaban J connectivity index is 2.29. The van der Waals surface area contributed by atoms with Crippen molar-refractivity contribution in [3.8, 4) is 17.2 Å². The van der Waals surface area contributed by atoms with Crippen molar-refractivity contribution in [2.45, 2.75) is 11.8 Å². The minimum absolute atomic E-state index is 0.161. The number of aromatic hydroxyl groups is 2. The molecule has 2 aromatic rings. The maximum atomic E-state index is 12.2. The first-order valence-electron chi connectivity index (χ1n) is 6.71. The SMILES string of the molecule is CC(=O)Oc1cc(O)cc(C(=O)Nc2ccc(S(=O)(=O)O)cc2)c1O. The van der Waals surface area contributed by atoms with Gasteiger partial charge in [0, 0.05) is 18.7 Å². The molecule has 2 rings (SSSR count). The lowest BCUT2D eigenvalue weighted by Gasteiger charge is -2.11. The molecule has 0 aliphatic heterocycles. The highest BCUT2D eigenvalue weighted by Crippen LogP contribution is 2.35. The minimum Gasteiger partial charge on any atom is -0.508 e. The fourth-order valence-electron chi connectivity index (χ4n) is 1.91. The van der Waals surface area contributed by atoms with Gasteiger partial charge < -0.3 is 20.3 Å². The topological polar surface area (TPSA) is 150 Å². The maximum absolute atomic E-state index is 12.2. The lowest BCUT2D eigenvalue weighted by atomic mass is 10.1. The first-order valence-corrected chi connectivity index (χ1v) is 8.15. The van der Waals surface area contributed by atoms with Gasteiger partial charge in [-0.05, 0) is 30.3 Å². The van der Waals surface area contributed by atoms with Crippen LogP contribution in [0, 0.1) is 0 Å². The van der Waals surface area contributed by atoms with Gasteiger partial charge in [0.05, 0.1) is 10.5 Å². The first-order chi connectivity index (χ1) is 11.6. The van der Waals surface area contributed by atoms with E-state index in [-0.39, 0.29) is 21.9 Å². The summed E-state index contributed by atoms with van der Waals surface area (Å²) in [6.45, 7) is 1.08. The van der Waals surface area contributed by atoms with Crippen molar-refractivity contribution in [1.82, 2.24) is 0 Å². The number of nitrogens with one attached hydrogen (secondary N) is 1. The molecule has 0 aromatic heterocycles. The number of amides is 1. The Kier molecular flexibility index (Phi) is 4.95. The van der Waals surface area contributed by atoms with Gasteiger partial charge in [-0.15, -0.1) is 0 Å². The Morgan fingerprint density at radius 3 is 2.20 bits per heavy atom. The third-order valence-corrected chi connectivity index (χ3v) is 3.84. The van der Waals surface area contributed by atoms with E-state index < -0.39 is 33.5 Å². The minimum atomic E-state index is -4.36. The van der Waals surface area contributed by atoms with Crippen molar-refractivity contribution in [3.05, 3.63) is 42.0 Å². The molecule has 0 saturated carbocycles. The van der Waals surface area contributed by atoms with E-state index in [4.69, 9.17) is 9.29 Å². The molecular formula is C15H13NO8S. The van der Waals surface area contributed by atoms with E-state index in [1.54, 1.807) is 0 Å². The molecule has 2 aromatic carbocycles. The van der Waals surface area contributed by atoms with Crippen molar-refractivity contribution in [2.24, 2.45) is 0 Å². The zero-order valence-corrected chi connectivity index (χ0v) is 13.6. The Bertz CT molecular complexity index is 935. The van der Waals surface area contributed by atoms with Crippen LogP contribution < -0.4 is 10.1 Å². The summed E-state index contributed by atoms with van der Waals surface area (Å²) in [5.41, 5.74) is -0.204. The zero-order chi connectivity index (χ0) is 18.8. The van der Waals surface area contributed by atoms with Crippen LogP contribution in [0.3, 0.4) is 0 Å². The number of benzene rings is 2. The van der Waals surface area contributed by atoms with Crippen LogP contribution in [-0.2, 0) is 14.9 Å². The molecule has 0 fully saturated rings. The van der Waals surface area contributed by atoms with Crippen LogP contribution in [0.25, 0.3) is 0 Å². The van der Waals surface area contributed by atoms with Crippen LogP contribution in [-0.4, -0.2) is 35.1 Å². The average Bonchev–Trinajstić information content (AvgIpc) is 2.49. The molecule has 0 aliphatic rings. The van der Waals surface area contributed by atoms with E-state index in [0.717, 1.165) is 31.2 Å². The van der Waals surface area contributed by atoms with Crippen LogP contribution in [0.15, 0.2) is 41.3 Å². The van der Waals surface area contributed by atoms with Gasteiger partial charge >= 0.3 is 5.97 Å².